The SMILES string of the molecule is Fc1cccc2c1nc(Nc1ccc(N3CCOCC3)cc1)c1[nH]ncc12. The van der Waals surface area contributed by atoms with E-state index >= 15 is 0 Å². The van der Waals surface area contributed by atoms with Crippen LogP contribution in [0, 0.1) is 5.82 Å². The molecule has 2 N–H and O–H groups in total. The molecule has 0 atom stereocenters. The zero-order chi connectivity index (χ0) is 18.2. The summed E-state index contributed by atoms with van der Waals surface area (Å²) in [7, 11) is 0. The van der Waals surface area contributed by atoms with Gasteiger partial charge in [-0.05, 0) is 30.3 Å². The molecule has 2 aromatic carbocycles. The second-order valence-corrected chi connectivity index (χ2v) is 6.53. The van der Waals surface area contributed by atoms with E-state index in [1.165, 1.54) is 6.07 Å². The van der Waals surface area contributed by atoms with Crippen LogP contribution in [0.5, 0.6) is 0 Å². The van der Waals surface area contributed by atoms with E-state index in [4.69, 9.17) is 4.74 Å². The van der Waals surface area contributed by atoms with Crippen molar-refractivity contribution in [3.8, 4) is 0 Å². The van der Waals surface area contributed by atoms with Crippen LogP contribution in [0.3, 0.4) is 0 Å². The van der Waals surface area contributed by atoms with Gasteiger partial charge in [-0.25, -0.2) is 9.37 Å². The number of aromatic nitrogens is 3. The Balaban J connectivity index is 1.50. The maximum Gasteiger partial charge on any atom is 0.157 e. The molecule has 0 radical (unpaired) electrons. The molecule has 1 aliphatic rings. The van der Waals surface area contributed by atoms with Crippen molar-refractivity contribution < 1.29 is 9.13 Å². The van der Waals surface area contributed by atoms with Crippen LogP contribution in [-0.2, 0) is 4.74 Å². The number of fused-ring (bicyclic) bond motifs is 3. The summed E-state index contributed by atoms with van der Waals surface area (Å²) in [4.78, 5) is 6.79. The van der Waals surface area contributed by atoms with E-state index < -0.39 is 0 Å². The number of hydrogen-bond donors (Lipinski definition) is 2. The Morgan fingerprint density at radius 2 is 1.85 bits per heavy atom. The van der Waals surface area contributed by atoms with Gasteiger partial charge >= 0.3 is 0 Å². The Kier molecular flexibility index (Phi) is 3.86. The summed E-state index contributed by atoms with van der Waals surface area (Å²) in [5.74, 6) is 0.209. The van der Waals surface area contributed by atoms with Crippen molar-refractivity contribution in [2.24, 2.45) is 0 Å². The molecular weight excluding hydrogens is 345 g/mol. The van der Waals surface area contributed by atoms with Crippen molar-refractivity contribution >= 4 is 39.0 Å². The van der Waals surface area contributed by atoms with E-state index in [-0.39, 0.29) is 5.82 Å². The molecule has 1 aliphatic heterocycles. The quantitative estimate of drug-likeness (QED) is 0.579. The minimum Gasteiger partial charge on any atom is -0.378 e. The van der Waals surface area contributed by atoms with Crippen molar-refractivity contribution in [3.05, 3.63) is 54.5 Å². The fraction of sp³-hybridized carbons (Fsp3) is 0.200. The summed E-state index contributed by atoms with van der Waals surface area (Å²) in [6, 6.07) is 13.1. The van der Waals surface area contributed by atoms with Gasteiger partial charge in [0, 0.05) is 35.2 Å². The first-order chi connectivity index (χ1) is 13.3. The number of nitrogens with one attached hydrogen (secondary N) is 2. The number of anilines is 3. The Bertz CT molecular complexity index is 1100. The molecule has 4 aromatic rings. The summed E-state index contributed by atoms with van der Waals surface area (Å²) < 4.78 is 19.7. The molecule has 7 heteroatoms. The lowest BCUT2D eigenvalue weighted by Crippen LogP contribution is -2.36. The van der Waals surface area contributed by atoms with Crippen molar-refractivity contribution in [2.75, 3.05) is 36.5 Å². The number of benzene rings is 2. The van der Waals surface area contributed by atoms with Crippen LogP contribution < -0.4 is 10.2 Å². The summed E-state index contributed by atoms with van der Waals surface area (Å²) in [6.45, 7) is 3.30. The normalized spacial score (nSPS) is 14.8. The largest absolute Gasteiger partial charge is 0.378 e. The molecule has 0 amide bonds. The van der Waals surface area contributed by atoms with E-state index in [1.54, 1.807) is 12.3 Å². The van der Waals surface area contributed by atoms with E-state index in [0.29, 0.717) is 11.3 Å². The molecule has 0 spiro atoms. The minimum absolute atomic E-state index is 0.332. The van der Waals surface area contributed by atoms with Crippen LogP contribution in [0.4, 0.5) is 21.6 Å². The number of nitrogens with zero attached hydrogens (tertiary/aromatic N) is 3. The Morgan fingerprint density at radius 1 is 1.04 bits per heavy atom. The number of pyridine rings is 1. The Labute approximate surface area is 155 Å². The molecule has 0 aliphatic carbocycles. The summed E-state index contributed by atoms with van der Waals surface area (Å²) in [5.41, 5.74) is 3.13. The summed E-state index contributed by atoms with van der Waals surface area (Å²) in [6.07, 6.45) is 1.70. The zero-order valence-corrected chi connectivity index (χ0v) is 14.6. The molecule has 5 rings (SSSR count). The molecular formula is C20H18FN5O. The predicted octanol–water partition coefficient (Wildman–Crippen LogP) is 3.83. The third-order valence-electron chi connectivity index (χ3n) is 4.88. The number of para-hydroxylation sites is 1. The van der Waals surface area contributed by atoms with Crippen LogP contribution in [-0.4, -0.2) is 41.5 Å². The fourth-order valence-corrected chi connectivity index (χ4v) is 3.49. The zero-order valence-electron chi connectivity index (χ0n) is 14.6. The highest BCUT2D eigenvalue weighted by atomic mass is 19.1. The molecule has 1 fully saturated rings. The third-order valence-corrected chi connectivity index (χ3v) is 4.88. The van der Waals surface area contributed by atoms with Gasteiger partial charge in [-0.1, -0.05) is 12.1 Å². The highest BCUT2D eigenvalue weighted by molar-refractivity contribution is 6.08. The molecule has 6 nitrogen and oxygen atoms in total. The topological polar surface area (TPSA) is 66.1 Å². The van der Waals surface area contributed by atoms with Gasteiger partial charge in [0.2, 0.25) is 0 Å². The smallest absolute Gasteiger partial charge is 0.157 e. The number of rotatable bonds is 3. The number of H-pyrrole nitrogens is 1. The molecule has 0 bridgehead atoms. The lowest BCUT2D eigenvalue weighted by molar-refractivity contribution is 0.122. The first-order valence-corrected chi connectivity index (χ1v) is 8.91. The predicted molar refractivity (Wildman–Crippen MR) is 104 cm³/mol. The summed E-state index contributed by atoms with van der Waals surface area (Å²) in [5, 5.41) is 11.9. The van der Waals surface area contributed by atoms with E-state index in [9.17, 15) is 4.39 Å². The molecule has 1 saturated heterocycles. The van der Waals surface area contributed by atoms with Crippen molar-refractivity contribution in [1.82, 2.24) is 15.2 Å². The van der Waals surface area contributed by atoms with E-state index in [2.05, 4.69) is 37.5 Å². The molecule has 0 unspecified atom stereocenters. The van der Waals surface area contributed by atoms with Gasteiger partial charge in [0.15, 0.2) is 5.82 Å². The van der Waals surface area contributed by atoms with Crippen LogP contribution in [0.25, 0.3) is 21.8 Å². The van der Waals surface area contributed by atoms with Crippen molar-refractivity contribution in [2.45, 2.75) is 0 Å². The van der Waals surface area contributed by atoms with E-state index in [1.807, 2.05) is 18.2 Å². The van der Waals surface area contributed by atoms with E-state index in [0.717, 1.165) is 54.0 Å². The number of hydrogen-bond acceptors (Lipinski definition) is 5. The number of ether oxygens (including phenoxy) is 1. The van der Waals surface area contributed by atoms with Crippen LogP contribution in [0.15, 0.2) is 48.7 Å². The van der Waals surface area contributed by atoms with Crippen LogP contribution in [0.1, 0.15) is 0 Å². The maximum absolute atomic E-state index is 14.3. The van der Waals surface area contributed by atoms with Gasteiger partial charge in [0.25, 0.3) is 0 Å². The summed E-state index contributed by atoms with van der Waals surface area (Å²) >= 11 is 0. The standard InChI is InChI=1S/C20H18FN5O/c21-17-3-1-2-15-16-12-22-25-19(16)20(24-18(15)17)23-13-4-6-14(7-5-13)26-8-10-27-11-9-26/h1-7,12H,8-11H2,(H,22,25)(H,23,24). The highest BCUT2D eigenvalue weighted by Crippen LogP contribution is 2.31. The fourth-order valence-electron chi connectivity index (χ4n) is 3.49. The Morgan fingerprint density at radius 3 is 2.67 bits per heavy atom. The maximum atomic E-state index is 14.3. The minimum atomic E-state index is -0.346. The molecule has 27 heavy (non-hydrogen) atoms. The van der Waals surface area contributed by atoms with Gasteiger partial charge in [0.05, 0.1) is 19.4 Å². The van der Waals surface area contributed by atoms with Crippen molar-refractivity contribution in [1.29, 1.82) is 0 Å². The lowest BCUT2D eigenvalue weighted by Gasteiger charge is -2.28. The Hall–Kier alpha value is -3.19. The average Bonchev–Trinajstić information content (AvgIpc) is 3.21. The number of halogens is 1. The van der Waals surface area contributed by atoms with Gasteiger partial charge in [0.1, 0.15) is 16.9 Å². The molecule has 3 heterocycles. The third kappa shape index (κ3) is 2.86. The molecule has 136 valence electrons. The van der Waals surface area contributed by atoms with Gasteiger partial charge in [-0.15, -0.1) is 0 Å². The van der Waals surface area contributed by atoms with Gasteiger partial charge in [-0.3, -0.25) is 5.10 Å². The number of aromatic amines is 1. The van der Waals surface area contributed by atoms with Crippen LogP contribution >= 0.6 is 0 Å². The van der Waals surface area contributed by atoms with Crippen molar-refractivity contribution in [3.63, 3.8) is 0 Å². The first-order valence-electron chi connectivity index (χ1n) is 8.91. The molecule has 0 saturated carbocycles. The van der Waals surface area contributed by atoms with Crippen LogP contribution in [0.2, 0.25) is 0 Å². The molecule has 2 aromatic heterocycles. The lowest BCUT2D eigenvalue weighted by atomic mass is 10.1. The number of morpholine rings is 1. The average molecular weight is 363 g/mol. The second kappa shape index (κ2) is 6.51. The van der Waals surface area contributed by atoms with Gasteiger partial charge < -0.3 is 15.0 Å². The first kappa shape index (κ1) is 16.0. The van der Waals surface area contributed by atoms with Gasteiger partial charge in [-0.2, -0.15) is 5.10 Å². The monoisotopic (exact) mass is 363 g/mol. The second-order valence-electron chi connectivity index (χ2n) is 6.53. The highest BCUT2D eigenvalue weighted by Gasteiger charge is 2.14.